The quantitative estimate of drug-likeness (QED) is 0.729. The number of hydrogen-bond acceptors (Lipinski definition) is 3. The lowest BCUT2D eigenvalue weighted by Crippen LogP contribution is -2.48. The van der Waals surface area contributed by atoms with E-state index in [1.807, 2.05) is 18.2 Å². The molecule has 0 N–H and O–H groups in total. The van der Waals surface area contributed by atoms with Crippen molar-refractivity contribution in [3.8, 4) is 0 Å². The van der Waals surface area contributed by atoms with Crippen LogP contribution in [-0.2, 0) is 13.3 Å². The number of hydrogen-bond donors (Lipinski definition) is 0. The highest BCUT2D eigenvalue weighted by atomic mass is 28.4. The summed E-state index contributed by atoms with van der Waals surface area (Å²) < 4.78 is 16.4. The monoisotopic (exact) mass is 252 g/mol. The lowest BCUT2D eigenvalue weighted by molar-refractivity contribution is 0.114. The minimum absolute atomic E-state index is 0.0985. The molecule has 0 aromatic heterocycles. The van der Waals surface area contributed by atoms with E-state index in [2.05, 4.69) is 25.6 Å². The zero-order valence-corrected chi connectivity index (χ0v) is 11.9. The Bertz CT molecular complexity index is 349. The highest BCUT2D eigenvalue weighted by molar-refractivity contribution is 6.62. The van der Waals surface area contributed by atoms with Crippen molar-refractivity contribution in [3.63, 3.8) is 0 Å². The topological polar surface area (TPSA) is 27.7 Å². The Labute approximate surface area is 104 Å². The van der Waals surface area contributed by atoms with Gasteiger partial charge in [0, 0.05) is 21.3 Å². The maximum absolute atomic E-state index is 5.48. The Morgan fingerprint density at radius 3 is 1.88 bits per heavy atom. The maximum Gasteiger partial charge on any atom is 0.507 e. The van der Waals surface area contributed by atoms with E-state index in [0.29, 0.717) is 0 Å². The Hall–Kier alpha value is -0.943. The second-order valence-electron chi connectivity index (χ2n) is 3.81. The lowest BCUT2D eigenvalue weighted by atomic mass is 10.1. The van der Waals surface area contributed by atoms with Crippen LogP contribution in [0.2, 0.25) is 0 Å². The molecule has 0 aliphatic carbocycles. The van der Waals surface area contributed by atoms with Crippen molar-refractivity contribution in [2.24, 2.45) is 0 Å². The average molecular weight is 252 g/mol. The van der Waals surface area contributed by atoms with Crippen LogP contribution >= 0.6 is 0 Å². The third-order valence-electron chi connectivity index (χ3n) is 3.06. The van der Waals surface area contributed by atoms with Crippen molar-refractivity contribution in [2.45, 2.75) is 12.5 Å². The van der Waals surface area contributed by atoms with Crippen molar-refractivity contribution in [1.29, 1.82) is 0 Å². The molecular formula is C13H20O3Si. The fourth-order valence-electron chi connectivity index (χ4n) is 1.91. The van der Waals surface area contributed by atoms with Crippen LogP contribution in [0.4, 0.5) is 0 Å². The average Bonchev–Trinajstić information content (AvgIpc) is 2.41. The van der Waals surface area contributed by atoms with E-state index in [1.165, 1.54) is 0 Å². The van der Waals surface area contributed by atoms with Gasteiger partial charge >= 0.3 is 8.80 Å². The predicted molar refractivity (Wildman–Crippen MR) is 71.7 cm³/mol. The summed E-state index contributed by atoms with van der Waals surface area (Å²) in [6, 6.07) is 8.17. The molecule has 0 heterocycles. The fraction of sp³-hybridized carbons (Fsp3) is 0.385. The van der Waals surface area contributed by atoms with E-state index in [1.54, 1.807) is 21.3 Å². The molecule has 1 rings (SSSR count). The first-order valence-corrected chi connectivity index (χ1v) is 7.31. The molecule has 0 fully saturated rings. The zero-order chi connectivity index (χ0) is 12.9. The molecule has 0 spiro atoms. The summed E-state index contributed by atoms with van der Waals surface area (Å²) in [5.74, 6) is 0. The summed E-state index contributed by atoms with van der Waals surface area (Å²) in [7, 11) is 2.28. The molecule has 0 bridgehead atoms. The standard InChI is InChI=1S/C13H20O3Si/c1-6-12-7-9-13(10-8-12)11(2)17(14-3,15-4)16-5/h6-11H,1H2,2-5H3. The van der Waals surface area contributed by atoms with E-state index < -0.39 is 8.80 Å². The summed E-state index contributed by atoms with van der Waals surface area (Å²) in [6.45, 7) is 5.80. The number of benzene rings is 1. The highest BCUT2D eigenvalue weighted by Crippen LogP contribution is 2.28. The lowest BCUT2D eigenvalue weighted by Gasteiger charge is -2.30. The molecule has 0 saturated heterocycles. The fourth-order valence-corrected chi connectivity index (χ4v) is 4.07. The van der Waals surface area contributed by atoms with Crippen LogP contribution in [0.3, 0.4) is 0 Å². The van der Waals surface area contributed by atoms with E-state index in [0.717, 1.165) is 11.1 Å². The first-order valence-electron chi connectivity index (χ1n) is 5.51. The molecule has 94 valence electrons. The van der Waals surface area contributed by atoms with Crippen molar-refractivity contribution >= 4 is 14.9 Å². The third-order valence-corrected chi connectivity index (χ3v) is 6.16. The summed E-state index contributed by atoms with van der Waals surface area (Å²) in [6.07, 6.45) is 1.82. The van der Waals surface area contributed by atoms with Gasteiger partial charge in [0.1, 0.15) is 0 Å². The molecule has 1 unspecified atom stereocenters. The Morgan fingerprint density at radius 2 is 1.53 bits per heavy atom. The Balaban J connectivity index is 3.00. The van der Waals surface area contributed by atoms with E-state index in [-0.39, 0.29) is 5.54 Å². The number of rotatable bonds is 6. The maximum atomic E-state index is 5.48. The van der Waals surface area contributed by atoms with Crippen molar-refractivity contribution < 1.29 is 13.3 Å². The van der Waals surface area contributed by atoms with E-state index >= 15 is 0 Å². The van der Waals surface area contributed by atoms with Gasteiger partial charge in [-0.3, -0.25) is 0 Å². The normalized spacial score (nSPS) is 13.4. The van der Waals surface area contributed by atoms with Crippen molar-refractivity contribution in [1.82, 2.24) is 0 Å². The molecule has 1 atom stereocenters. The SMILES string of the molecule is C=Cc1ccc(C(C)[Si](OC)(OC)OC)cc1. The van der Waals surface area contributed by atoms with Gasteiger partial charge in [0.25, 0.3) is 0 Å². The van der Waals surface area contributed by atoms with Gasteiger partial charge in [-0.15, -0.1) is 0 Å². The van der Waals surface area contributed by atoms with Gasteiger partial charge in [-0.05, 0) is 11.1 Å². The molecule has 4 heteroatoms. The minimum Gasteiger partial charge on any atom is -0.376 e. The third kappa shape index (κ3) is 2.84. The first-order chi connectivity index (χ1) is 8.13. The first kappa shape index (κ1) is 14.1. The Kier molecular flexibility index (Phi) is 5.08. The van der Waals surface area contributed by atoms with Crippen LogP contribution in [-0.4, -0.2) is 30.1 Å². The molecular weight excluding hydrogens is 232 g/mol. The van der Waals surface area contributed by atoms with Crippen LogP contribution in [0.5, 0.6) is 0 Å². The summed E-state index contributed by atoms with van der Waals surface area (Å²) in [4.78, 5) is 0. The van der Waals surface area contributed by atoms with Gasteiger partial charge in [-0.25, -0.2) is 0 Å². The molecule has 0 radical (unpaired) electrons. The molecule has 0 aliphatic heterocycles. The van der Waals surface area contributed by atoms with Crippen molar-refractivity contribution in [2.75, 3.05) is 21.3 Å². The van der Waals surface area contributed by atoms with Crippen LogP contribution in [0, 0.1) is 0 Å². The van der Waals surface area contributed by atoms with Crippen LogP contribution in [0.15, 0.2) is 30.8 Å². The summed E-state index contributed by atoms with van der Waals surface area (Å²) in [5.41, 5.74) is 2.34. The van der Waals surface area contributed by atoms with Gasteiger partial charge in [-0.1, -0.05) is 43.8 Å². The molecule has 17 heavy (non-hydrogen) atoms. The van der Waals surface area contributed by atoms with Gasteiger partial charge in [-0.2, -0.15) is 0 Å². The van der Waals surface area contributed by atoms with Gasteiger partial charge in [0.05, 0.1) is 5.54 Å². The van der Waals surface area contributed by atoms with E-state index in [9.17, 15) is 0 Å². The molecule has 0 amide bonds. The largest absolute Gasteiger partial charge is 0.507 e. The van der Waals surface area contributed by atoms with Gasteiger partial charge < -0.3 is 13.3 Å². The second kappa shape index (κ2) is 6.12. The van der Waals surface area contributed by atoms with Crippen LogP contribution in [0.25, 0.3) is 6.08 Å². The van der Waals surface area contributed by atoms with E-state index in [4.69, 9.17) is 13.3 Å². The van der Waals surface area contributed by atoms with Crippen LogP contribution in [0.1, 0.15) is 23.6 Å². The zero-order valence-electron chi connectivity index (χ0n) is 10.9. The van der Waals surface area contributed by atoms with Gasteiger partial charge in [0.2, 0.25) is 0 Å². The minimum atomic E-state index is -2.62. The van der Waals surface area contributed by atoms with Crippen LogP contribution < -0.4 is 0 Å². The second-order valence-corrected chi connectivity index (χ2v) is 7.11. The summed E-state index contributed by atoms with van der Waals surface area (Å²) in [5, 5.41) is 0. The molecule has 1 aromatic rings. The summed E-state index contributed by atoms with van der Waals surface area (Å²) >= 11 is 0. The van der Waals surface area contributed by atoms with Gasteiger partial charge in [0.15, 0.2) is 0 Å². The molecule has 0 aliphatic rings. The molecule has 0 saturated carbocycles. The smallest absolute Gasteiger partial charge is 0.376 e. The molecule has 1 aromatic carbocycles. The van der Waals surface area contributed by atoms with Crippen molar-refractivity contribution in [3.05, 3.63) is 42.0 Å². The highest BCUT2D eigenvalue weighted by Gasteiger charge is 2.45. The molecule has 3 nitrogen and oxygen atoms in total. The Morgan fingerprint density at radius 1 is 1.06 bits per heavy atom. The predicted octanol–water partition coefficient (Wildman–Crippen LogP) is 2.85.